The van der Waals surface area contributed by atoms with E-state index in [0.29, 0.717) is 6.61 Å². The second-order valence-corrected chi connectivity index (χ2v) is 6.62. The Labute approximate surface area is 165 Å². The largest absolute Gasteiger partial charge is 0.492 e. The van der Waals surface area contributed by atoms with E-state index in [4.69, 9.17) is 4.74 Å². The SMILES string of the molecule is Cc1cc(Nc2cccc(OCCNc3ccccc3)c2)c2ccccc2n1. The van der Waals surface area contributed by atoms with Gasteiger partial charge in [-0.15, -0.1) is 0 Å². The summed E-state index contributed by atoms with van der Waals surface area (Å²) in [6.07, 6.45) is 0. The summed E-state index contributed by atoms with van der Waals surface area (Å²) in [5.41, 5.74) is 5.11. The minimum atomic E-state index is 0.593. The molecular weight excluding hydrogens is 346 g/mol. The minimum Gasteiger partial charge on any atom is -0.492 e. The van der Waals surface area contributed by atoms with Crippen molar-refractivity contribution in [3.8, 4) is 5.75 Å². The zero-order valence-electron chi connectivity index (χ0n) is 15.9. The van der Waals surface area contributed by atoms with Gasteiger partial charge in [0.05, 0.1) is 5.52 Å². The highest BCUT2D eigenvalue weighted by Crippen LogP contribution is 2.27. The molecule has 3 aromatic carbocycles. The van der Waals surface area contributed by atoms with E-state index in [1.54, 1.807) is 0 Å². The van der Waals surface area contributed by atoms with Crippen molar-refractivity contribution < 1.29 is 4.74 Å². The van der Waals surface area contributed by atoms with Crippen LogP contribution in [0.2, 0.25) is 0 Å². The number of nitrogens with zero attached hydrogens (tertiary/aromatic N) is 1. The fraction of sp³-hybridized carbons (Fsp3) is 0.125. The number of hydrogen-bond donors (Lipinski definition) is 2. The molecule has 0 unspecified atom stereocenters. The molecule has 4 rings (SSSR count). The predicted molar refractivity (Wildman–Crippen MR) is 117 cm³/mol. The normalized spacial score (nSPS) is 10.6. The summed E-state index contributed by atoms with van der Waals surface area (Å²) >= 11 is 0. The average molecular weight is 369 g/mol. The Hall–Kier alpha value is -3.53. The monoisotopic (exact) mass is 369 g/mol. The van der Waals surface area contributed by atoms with Crippen molar-refractivity contribution in [2.75, 3.05) is 23.8 Å². The van der Waals surface area contributed by atoms with E-state index in [9.17, 15) is 0 Å². The highest BCUT2D eigenvalue weighted by molar-refractivity contribution is 5.93. The first kappa shape index (κ1) is 17.9. The number of rotatable bonds is 7. The summed E-state index contributed by atoms with van der Waals surface area (Å²) in [7, 11) is 0. The molecule has 4 heteroatoms. The quantitative estimate of drug-likeness (QED) is 0.406. The van der Waals surface area contributed by atoms with Crippen LogP contribution in [0, 0.1) is 6.92 Å². The fourth-order valence-electron chi connectivity index (χ4n) is 3.15. The highest BCUT2D eigenvalue weighted by Gasteiger charge is 2.05. The van der Waals surface area contributed by atoms with Crippen LogP contribution in [0.1, 0.15) is 5.69 Å². The molecule has 0 aliphatic heterocycles. The van der Waals surface area contributed by atoms with Gasteiger partial charge in [0.1, 0.15) is 12.4 Å². The van der Waals surface area contributed by atoms with Gasteiger partial charge in [0.2, 0.25) is 0 Å². The molecule has 1 heterocycles. The summed E-state index contributed by atoms with van der Waals surface area (Å²) < 4.78 is 5.90. The maximum absolute atomic E-state index is 5.90. The molecule has 0 atom stereocenters. The van der Waals surface area contributed by atoms with E-state index in [1.807, 2.05) is 79.7 Å². The maximum Gasteiger partial charge on any atom is 0.121 e. The summed E-state index contributed by atoms with van der Waals surface area (Å²) in [5.74, 6) is 0.843. The van der Waals surface area contributed by atoms with Crippen LogP contribution in [-0.2, 0) is 0 Å². The number of aromatic nitrogens is 1. The van der Waals surface area contributed by atoms with Crippen LogP contribution in [-0.4, -0.2) is 18.1 Å². The first-order valence-electron chi connectivity index (χ1n) is 9.43. The van der Waals surface area contributed by atoms with Gasteiger partial charge in [0, 0.05) is 40.8 Å². The van der Waals surface area contributed by atoms with Crippen molar-refractivity contribution in [1.29, 1.82) is 0 Å². The lowest BCUT2D eigenvalue weighted by atomic mass is 10.1. The number of nitrogens with one attached hydrogen (secondary N) is 2. The molecule has 0 amide bonds. The van der Waals surface area contributed by atoms with Crippen LogP contribution < -0.4 is 15.4 Å². The molecule has 0 saturated heterocycles. The average Bonchev–Trinajstić information content (AvgIpc) is 2.72. The van der Waals surface area contributed by atoms with E-state index in [0.717, 1.165) is 46.0 Å². The van der Waals surface area contributed by atoms with E-state index in [2.05, 4.69) is 27.8 Å². The molecule has 0 saturated carbocycles. The summed E-state index contributed by atoms with van der Waals surface area (Å²) in [6, 6.07) is 28.4. The van der Waals surface area contributed by atoms with Gasteiger partial charge >= 0.3 is 0 Å². The maximum atomic E-state index is 5.90. The molecule has 140 valence electrons. The molecule has 4 nitrogen and oxygen atoms in total. The van der Waals surface area contributed by atoms with Gasteiger partial charge in [-0.1, -0.05) is 42.5 Å². The second kappa shape index (κ2) is 8.44. The lowest BCUT2D eigenvalue weighted by Crippen LogP contribution is -2.11. The molecular formula is C24H23N3O. The van der Waals surface area contributed by atoms with Gasteiger partial charge in [-0.2, -0.15) is 0 Å². The van der Waals surface area contributed by atoms with Gasteiger partial charge in [0.25, 0.3) is 0 Å². The molecule has 0 radical (unpaired) electrons. The summed E-state index contributed by atoms with van der Waals surface area (Å²) in [6.45, 7) is 3.35. The summed E-state index contributed by atoms with van der Waals surface area (Å²) in [5, 5.41) is 7.96. The zero-order valence-corrected chi connectivity index (χ0v) is 15.9. The molecule has 0 fully saturated rings. The summed E-state index contributed by atoms with van der Waals surface area (Å²) in [4.78, 5) is 4.60. The van der Waals surface area contributed by atoms with Crippen molar-refractivity contribution in [3.63, 3.8) is 0 Å². The number of fused-ring (bicyclic) bond motifs is 1. The molecule has 0 aliphatic carbocycles. The van der Waals surface area contributed by atoms with Crippen molar-refractivity contribution in [2.24, 2.45) is 0 Å². The third-order valence-corrected chi connectivity index (χ3v) is 4.43. The van der Waals surface area contributed by atoms with Crippen molar-refractivity contribution in [2.45, 2.75) is 6.92 Å². The third kappa shape index (κ3) is 4.41. The van der Waals surface area contributed by atoms with Crippen LogP contribution in [0.25, 0.3) is 10.9 Å². The first-order chi connectivity index (χ1) is 13.8. The highest BCUT2D eigenvalue weighted by atomic mass is 16.5. The molecule has 4 aromatic rings. The van der Waals surface area contributed by atoms with Crippen LogP contribution in [0.5, 0.6) is 5.75 Å². The minimum absolute atomic E-state index is 0.593. The molecule has 1 aromatic heterocycles. The predicted octanol–water partition coefficient (Wildman–Crippen LogP) is 5.78. The smallest absolute Gasteiger partial charge is 0.121 e. The van der Waals surface area contributed by atoms with Crippen LogP contribution in [0.4, 0.5) is 17.1 Å². The zero-order chi connectivity index (χ0) is 19.2. The number of aryl methyl sites for hydroxylation is 1. The van der Waals surface area contributed by atoms with Gasteiger partial charge in [-0.05, 0) is 43.3 Å². The fourth-order valence-corrected chi connectivity index (χ4v) is 3.15. The number of pyridine rings is 1. The Balaban J connectivity index is 1.42. The lowest BCUT2D eigenvalue weighted by molar-refractivity contribution is 0.333. The van der Waals surface area contributed by atoms with Gasteiger partial charge in [0.15, 0.2) is 0 Å². The van der Waals surface area contributed by atoms with Gasteiger partial charge < -0.3 is 15.4 Å². The number of benzene rings is 3. The van der Waals surface area contributed by atoms with Crippen LogP contribution in [0.15, 0.2) is 84.9 Å². The Morgan fingerprint density at radius 3 is 2.50 bits per heavy atom. The Kier molecular flexibility index (Phi) is 5.38. The number of para-hydroxylation sites is 2. The molecule has 0 spiro atoms. The van der Waals surface area contributed by atoms with E-state index >= 15 is 0 Å². The van der Waals surface area contributed by atoms with E-state index in [1.165, 1.54) is 0 Å². The molecule has 28 heavy (non-hydrogen) atoms. The lowest BCUT2D eigenvalue weighted by Gasteiger charge is -2.13. The Morgan fingerprint density at radius 2 is 1.61 bits per heavy atom. The number of ether oxygens (including phenoxy) is 1. The van der Waals surface area contributed by atoms with Crippen LogP contribution >= 0.6 is 0 Å². The third-order valence-electron chi connectivity index (χ3n) is 4.43. The molecule has 0 aliphatic rings. The van der Waals surface area contributed by atoms with E-state index in [-0.39, 0.29) is 0 Å². The van der Waals surface area contributed by atoms with Crippen molar-refractivity contribution in [3.05, 3.63) is 90.6 Å². The Bertz CT molecular complexity index is 1060. The van der Waals surface area contributed by atoms with Crippen molar-refractivity contribution >= 4 is 28.0 Å². The van der Waals surface area contributed by atoms with Gasteiger partial charge in [-0.25, -0.2) is 0 Å². The standard InChI is InChI=1S/C24H23N3O/c1-18-16-24(22-12-5-6-13-23(22)26-18)27-20-10-7-11-21(17-20)28-15-14-25-19-8-3-2-4-9-19/h2-13,16-17,25H,14-15H2,1H3,(H,26,27). The second-order valence-electron chi connectivity index (χ2n) is 6.62. The number of hydrogen-bond acceptors (Lipinski definition) is 4. The van der Waals surface area contributed by atoms with E-state index < -0.39 is 0 Å². The van der Waals surface area contributed by atoms with Gasteiger partial charge in [-0.3, -0.25) is 4.98 Å². The topological polar surface area (TPSA) is 46.2 Å². The van der Waals surface area contributed by atoms with Crippen LogP contribution in [0.3, 0.4) is 0 Å². The Morgan fingerprint density at radius 1 is 0.821 bits per heavy atom. The molecule has 0 bridgehead atoms. The number of anilines is 3. The first-order valence-corrected chi connectivity index (χ1v) is 9.43. The van der Waals surface area contributed by atoms with Crippen molar-refractivity contribution in [1.82, 2.24) is 4.98 Å². The molecule has 2 N–H and O–H groups in total.